The van der Waals surface area contributed by atoms with Crippen molar-refractivity contribution in [2.24, 2.45) is 0 Å². The van der Waals surface area contributed by atoms with Crippen LogP contribution < -0.4 is 5.32 Å². The molecule has 26 heavy (non-hydrogen) atoms. The van der Waals surface area contributed by atoms with E-state index in [0.717, 1.165) is 26.1 Å². The van der Waals surface area contributed by atoms with Crippen LogP contribution in [0.2, 0.25) is 0 Å². The molecule has 1 N–H and O–H groups in total. The van der Waals surface area contributed by atoms with Gasteiger partial charge in [0.05, 0.1) is 19.3 Å². The van der Waals surface area contributed by atoms with Crippen LogP contribution in [0.15, 0.2) is 54.6 Å². The summed E-state index contributed by atoms with van der Waals surface area (Å²) in [5.74, 6) is 0.218. The van der Waals surface area contributed by atoms with Crippen LogP contribution in [-0.2, 0) is 22.6 Å². The highest BCUT2D eigenvalue weighted by Gasteiger charge is 2.25. The lowest BCUT2D eigenvalue weighted by Crippen LogP contribution is -2.45. The van der Waals surface area contributed by atoms with Gasteiger partial charge in [-0.3, -0.25) is 4.79 Å². The highest BCUT2D eigenvalue weighted by atomic mass is 16.5. The number of nitrogens with one attached hydrogen (secondary N) is 1. The van der Waals surface area contributed by atoms with Crippen molar-refractivity contribution in [1.29, 1.82) is 0 Å². The normalized spacial score (nSPS) is 16.3. The third-order valence-corrected chi connectivity index (χ3v) is 4.78. The number of hydrogen-bond donors (Lipinski definition) is 1. The van der Waals surface area contributed by atoms with Crippen molar-refractivity contribution in [3.8, 4) is 0 Å². The minimum Gasteiger partial charge on any atom is -0.375 e. The largest absolute Gasteiger partial charge is 0.375 e. The summed E-state index contributed by atoms with van der Waals surface area (Å²) in [6.45, 7) is 5.56. The lowest BCUT2D eigenvalue weighted by molar-refractivity contribution is -0.134. The highest BCUT2D eigenvalue weighted by molar-refractivity contribution is 5.77. The Morgan fingerprint density at radius 3 is 2.69 bits per heavy atom. The van der Waals surface area contributed by atoms with Crippen molar-refractivity contribution in [2.75, 3.05) is 26.2 Å². The topological polar surface area (TPSA) is 41.6 Å². The summed E-state index contributed by atoms with van der Waals surface area (Å²) in [6.07, 6.45) is 1.38. The highest BCUT2D eigenvalue weighted by Crippen LogP contribution is 2.14. The molecule has 0 saturated carbocycles. The maximum absolute atomic E-state index is 12.6. The van der Waals surface area contributed by atoms with E-state index in [-0.39, 0.29) is 11.9 Å². The maximum atomic E-state index is 12.6. The van der Waals surface area contributed by atoms with E-state index >= 15 is 0 Å². The van der Waals surface area contributed by atoms with Gasteiger partial charge in [-0.15, -0.1) is 0 Å². The van der Waals surface area contributed by atoms with Crippen LogP contribution in [0.25, 0.3) is 0 Å². The van der Waals surface area contributed by atoms with Gasteiger partial charge in [0.1, 0.15) is 0 Å². The second-order valence-corrected chi connectivity index (χ2v) is 6.93. The molecule has 1 saturated heterocycles. The Hall–Kier alpha value is -2.17. The number of amides is 1. The first-order valence-electron chi connectivity index (χ1n) is 9.40. The Morgan fingerprint density at radius 2 is 1.88 bits per heavy atom. The summed E-state index contributed by atoms with van der Waals surface area (Å²) in [4.78, 5) is 14.6. The van der Waals surface area contributed by atoms with E-state index in [2.05, 4.69) is 48.6 Å². The predicted molar refractivity (Wildman–Crippen MR) is 104 cm³/mol. The molecule has 4 nitrogen and oxygen atoms in total. The summed E-state index contributed by atoms with van der Waals surface area (Å²) in [5.41, 5.74) is 3.65. The van der Waals surface area contributed by atoms with E-state index in [0.29, 0.717) is 19.6 Å². The minimum atomic E-state index is 0.0645. The Bertz CT molecular complexity index is 702. The maximum Gasteiger partial charge on any atom is 0.224 e. The van der Waals surface area contributed by atoms with E-state index in [1.165, 1.54) is 16.7 Å². The van der Waals surface area contributed by atoms with E-state index in [1.807, 2.05) is 23.1 Å². The van der Waals surface area contributed by atoms with Crippen LogP contribution in [0.1, 0.15) is 23.1 Å². The Morgan fingerprint density at radius 1 is 1.08 bits per heavy atom. The van der Waals surface area contributed by atoms with Crippen LogP contribution in [0, 0.1) is 6.92 Å². The molecule has 1 fully saturated rings. The molecule has 2 aromatic rings. The van der Waals surface area contributed by atoms with Crippen LogP contribution >= 0.6 is 0 Å². The second-order valence-electron chi connectivity index (χ2n) is 6.93. The van der Waals surface area contributed by atoms with Crippen molar-refractivity contribution in [2.45, 2.75) is 32.4 Å². The van der Waals surface area contributed by atoms with Crippen molar-refractivity contribution in [3.63, 3.8) is 0 Å². The van der Waals surface area contributed by atoms with Crippen molar-refractivity contribution >= 4 is 5.91 Å². The molecule has 3 rings (SSSR count). The zero-order valence-corrected chi connectivity index (χ0v) is 15.5. The lowest BCUT2D eigenvalue weighted by atomic mass is 10.0. The molecule has 0 spiro atoms. The number of carbonyl (C=O) groups excluding carboxylic acids is 1. The molecule has 138 valence electrons. The fourth-order valence-corrected chi connectivity index (χ4v) is 3.43. The molecule has 1 aliphatic heterocycles. The molecular formula is C22H28N2O2. The van der Waals surface area contributed by atoms with E-state index in [4.69, 9.17) is 4.74 Å². The molecule has 1 heterocycles. The molecule has 0 unspecified atom stereocenters. The molecule has 0 radical (unpaired) electrons. The predicted octanol–water partition coefficient (Wildman–Crippen LogP) is 2.94. The second kappa shape index (κ2) is 9.51. The molecule has 4 heteroatoms. The number of rotatable bonds is 7. The van der Waals surface area contributed by atoms with Crippen LogP contribution in [-0.4, -0.2) is 43.1 Å². The van der Waals surface area contributed by atoms with Gasteiger partial charge in [0.25, 0.3) is 0 Å². The van der Waals surface area contributed by atoms with Gasteiger partial charge in [-0.1, -0.05) is 60.2 Å². The average Bonchev–Trinajstić information content (AvgIpc) is 2.86. The summed E-state index contributed by atoms with van der Waals surface area (Å²) in [6, 6.07) is 18.8. The molecule has 0 aliphatic carbocycles. The van der Waals surface area contributed by atoms with Gasteiger partial charge in [-0.2, -0.15) is 0 Å². The molecule has 1 amide bonds. The summed E-state index contributed by atoms with van der Waals surface area (Å²) < 4.78 is 6.04. The van der Waals surface area contributed by atoms with Crippen molar-refractivity contribution in [3.05, 3.63) is 71.3 Å². The first-order chi connectivity index (χ1) is 12.7. The smallest absolute Gasteiger partial charge is 0.224 e. The van der Waals surface area contributed by atoms with Gasteiger partial charge < -0.3 is 15.0 Å². The zero-order valence-electron chi connectivity index (χ0n) is 15.5. The molecule has 1 aliphatic rings. The number of ether oxygens (including phenoxy) is 1. The fraction of sp³-hybridized carbons (Fsp3) is 0.409. The third-order valence-electron chi connectivity index (χ3n) is 4.78. The Kier molecular flexibility index (Phi) is 6.81. The van der Waals surface area contributed by atoms with Gasteiger partial charge in [-0.05, 0) is 24.5 Å². The molecule has 2 aromatic carbocycles. The number of aryl methyl sites for hydroxylation is 1. The standard InChI is InChI=1S/C22H28N2O2/c1-18-6-5-9-20(14-18)16-26-17-21(15-19-7-3-2-4-8-19)24-13-12-23-11-10-22(24)25/h2-9,14,21,23H,10-13,15-17H2,1H3/t21-/m0/s1. The van der Waals surface area contributed by atoms with E-state index in [1.54, 1.807) is 0 Å². The molecule has 1 atom stereocenters. The number of carbonyl (C=O) groups is 1. The molecular weight excluding hydrogens is 324 g/mol. The van der Waals surface area contributed by atoms with Crippen LogP contribution in [0.3, 0.4) is 0 Å². The first kappa shape index (κ1) is 18.6. The summed E-state index contributed by atoms with van der Waals surface area (Å²) >= 11 is 0. The molecule has 0 aromatic heterocycles. The van der Waals surface area contributed by atoms with E-state index < -0.39 is 0 Å². The number of benzene rings is 2. The quantitative estimate of drug-likeness (QED) is 0.833. The summed E-state index contributed by atoms with van der Waals surface area (Å²) in [5, 5.41) is 3.31. The monoisotopic (exact) mass is 352 g/mol. The number of nitrogens with zero attached hydrogens (tertiary/aromatic N) is 1. The van der Waals surface area contributed by atoms with Gasteiger partial charge in [0, 0.05) is 26.1 Å². The van der Waals surface area contributed by atoms with E-state index in [9.17, 15) is 4.79 Å². The Balaban J connectivity index is 1.66. The van der Waals surface area contributed by atoms with Gasteiger partial charge in [0.15, 0.2) is 0 Å². The average molecular weight is 352 g/mol. The number of hydrogen-bond acceptors (Lipinski definition) is 3. The van der Waals surface area contributed by atoms with Gasteiger partial charge in [-0.25, -0.2) is 0 Å². The zero-order chi connectivity index (χ0) is 18.2. The molecule has 0 bridgehead atoms. The van der Waals surface area contributed by atoms with Gasteiger partial charge >= 0.3 is 0 Å². The van der Waals surface area contributed by atoms with Crippen molar-refractivity contribution < 1.29 is 9.53 Å². The Labute approximate surface area is 156 Å². The SMILES string of the molecule is Cc1cccc(COC[C@H](Cc2ccccc2)N2CCNCCC2=O)c1. The van der Waals surface area contributed by atoms with Gasteiger partial charge in [0.2, 0.25) is 5.91 Å². The van der Waals surface area contributed by atoms with Crippen LogP contribution in [0.5, 0.6) is 0 Å². The third kappa shape index (κ3) is 5.41. The lowest BCUT2D eigenvalue weighted by Gasteiger charge is -2.31. The van der Waals surface area contributed by atoms with Crippen LogP contribution in [0.4, 0.5) is 0 Å². The van der Waals surface area contributed by atoms with Crippen molar-refractivity contribution in [1.82, 2.24) is 10.2 Å². The first-order valence-corrected chi connectivity index (χ1v) is 9.40. The fourth-order valence-electron chi connectivity index (χ4n) is 3.43. The minimum absolute atomic E-state index is 0.0645. The summed E-state index contributed by atoms with van der Waals surface area (Å²) in [7, 11) is 0.